The van der Waals surface area contributed by atoms with Crippen molar-refractivity contribution in [3.05, 3.63) is 59.8 Å². The van der Waals surface area contributed by atoms with Crippen LogP contribution in [0.25, 0.3) is 6.08 Å². The Hall–Kier alpha value is -3.08. The van der Waals surface area contributed by atoms with Gasteiger partial charge < -0.3 is 10.6 Å². The molecule has 1 aliphatic rings. The normalized spacial score (nSPS) is 15.9. The van der Waals surface area contributed by atoms with Gasteiger partial charge in [0.2, 0.25) is 15.9 Å². The maximum atomic E-state index is 12.9. The number of rotatable bonds is 7. The predicted molar refractivity (Wildman–Crippen MR) is 112 cm³/mol. The third-order valence-electron chi connectivity index (χ3n) is 4.54. The molecule has 0 aliphatic carbocycles. The molecule has 31 heavy (non-hydrogen) atoms. The Balaban J connectivity index is 1.47. The lowest BCUT2D eigenvalue weighted by Crippen LogP contribution is -2.27. The SMILES string of the molecule is O=C(C=Cc1ccc(N2CCCS2(=O)=O)cc1)NCCNc1ncccc1C(F)(F)F. The number of anilines is 2. The summed E-state index contributed by atoms with van der Waals surface area (Å²) < 4.78 is 64.0. The van der Waals surface area contributed by atoms with Crippen molar-refractivity contribution in [2.24, 2.45) is 0 Å². The quantitative estimate of drug-likeness (QED) is 0.496. The Morgan fingerprint density at radius 1 is 1.16 bits per heavy atom. The Bertz CT molecular complexity index is 1050. The summed E-state index contributed by atoms with van der Waals surface area (Å²) in [6.45, 7) is 0.623. The fraction of sp³-hybridized carbons (Fsp3) is 0.300. The Morgan fingerprint density at radius 3 is 2.55 bits per heavy atom. The number of carbonyl (C=O) groups is 1. The molecule has 1 aliphatic heterocycles. The molecule has 11 heteroatoms. The van der Waals surface area contributed by atoms with Crippen LogP contribution in [-0.2, 0) is 21.0 Å². The van der Waals surface area contributed by atoms with Crippen LogP contribution in [0.4, 0.5) is 24.7 Å². The molecule has 1 fully saturated rings. The van der Waals surface area contributed by atoms with Crippen molar-refractivity contribution in [2.45, 2.75) is 12.6 Å². The highest BCUT2D eigenvalue weighted by Crippen LogP contribution is 2.33. The highest BCUT2D eigenvalue weighted by atomic mass is 32.2. The van der Waals surface area contributed by atoms with Gasteiger partial charge in [-0.3, -0.25) is 9.10 Å². The summed E-state index contributed by atoms with van der Waals surface area (Å²) in [6, 6.07) is 8.89. The summed E-state index contributed by atoms with van der Waals surface area (Å²) in [4.78, 5) is 15.6. The molecule has 7 nitrogen and oxygen atoms in total. The van der Waals surface area contributed by atoms with Crippen molar-refractivity contribution >= 4 is 33.5 Å². The Morgan fingerprint density at radius 2 is 1.90 bits per heavy atom. The molecule has 1 aromatic carbocycles. The van der Waals surface area contributed by atoms with Gasteiger partial charge in [-0.2, -0.15) is 13.2 Å². The van der Waals surface area contributed by atoms with Crippen LogP contribution < -0.4 is 14.9 Å². The van der Waals surface area contributed by atoms with E-state index in [0.29, 0.717) is 24.2 Å². The zero-order valence-corrected chi connectivity index (χ0v) is 17.2. The van der Waals surface area contributed by atoms with Crippen molar-refractivity contribution in [3.63, 3.8) is 0 Å². The number of benzene rings is 1. The van der Waals surface area contributed by atoms with Crippen LogP contribution in [0.3, 0.4) is 0 Å². The summed E-state index contributed by atoms with van der Waals surface area (Å²) in [6.07, 6.45) is 0.187. The van der Waals surface area contributed by atoms with Crippen molar-refractivity contribution in [2.75, 3.05) is 35.0 Å². The molecule has 0 atom stereocenters. The number of aromatic nitrogens is 1. The first kappa shape index (κ1) is 22.6. The first-order valence-corrected chi connectivity index (χ1v) is 11.1. The summed E-state index contributed by atoms with van der Waals surface area (Å²) in [5.74, 6) is -0.563. The van der Waals surface area contributed by atoms with Crippen molar-refractivity contribution in [1.29, 1.82) is 0 Å². The fourth-order valence-electron chi connectivity index (χ4n) is 3.05. The lowest BCUT2D eigenvalue weighted by Gasteiger charge is -2.16. The number of alkyl halides is 3. The number of nitrogens with one attached hydrogen (secondary N) is 2. The zero-order valence-electron chi connectivity index (χ0n) is 16.4. The lowest BCUT2D eigenvalue weighted by atomic mass is 10.2. The number of carbonyl (C=O) groups excluding carboxylic acids is 1. The van der Waals surface area contributed by atoms with Crippen molar-refractivity contribution in [1.82, 2.24) is 10.3 Å². The van der Waals surface area contributed by atoms with E-state index in [0.717, 1.165) is 6.07 Å². The zero-order chi connectivity index (χ0) is 22.5. The monoisotopic (exact) mass is 454 g/mol. The van der Waals surface area contributed by atoms with Gasteiger partial charge in [0.15, 0.2) is 0 Å². The minimum absolute atomic E-state index is 0.0681. The highest BCUT2D eigenvalue weighted by molar-refractivity contribution is 7.93. The van der Waals surface area contributed by atoms with E-state index in [4.69, 9.17) is 0 Å². The Labute approximate surface area is 178 Å². The molecule has 2 N–H and O–H groups in total. The molecule has 1 aromatic heterocycles. The molecule has 166 valence electrons. The topological polar surface area (TPSA) is 91.4 Å². The first-order chi connectivity index (χ1) is 14.7. The Kier molecular flexibility index (Phi) is 6.84. The number of hydrogen-bond acceptors (Lipinski definition) is 5. The van der Waals surface area contributed by atoms with Crippen LogP contribution in [0.5, 0.6) is 0 Å². The first-order valence-electron chi connectivity index (χ1n) is 9.49. The second kappa shape index (κ2) is 9.38. The van der Waals surface area contributed by atoms with Gasteiger partial charge in [-0.05, 0) is 42.3 Å². The number of sulfonamides is 1. The van der Waals surface area contributed by atoms with Crippen LogP contribution >= 0.6 is 0 Å². The number of amides is 1. The number of hydrogen-bond donors (Lipinski definition) is 2. The number of nitrogens with zero attached hydrogens (tertiary/aromatic N) is 2. The summed E-state index contributed by atoms with van der Waals surface area (Å²) >= 11 is 0. The van der Waals surface area contributed by atoms with Crippen molar-refractivity contribution in [3.8, 4) is 0 Å². The van der Waals surface area contributed by atoms with E-state index in [1.165, 1.54) is 22.6 Å². The van der Waals surface area contributed by atoms with Crippen LogP contribution in [0.1, 0.15) is 17.5 Å². The molecule has 1 saturated heterocycles. The van der Waals surface area contributed by atoms with Gasteiger partial charge in [-0.1, -0.05) is 12.1 Å². The summed E-state index contributed by atoms with van der Waals surface area (Å²) in [5.41, 5.74) is 0.418. The lowest BCUT2D eigenvalue weighted by molar-refractivity contribution is -0.137. The van der Waals surface area contributed by atoms with Gasteiger partial charge in [-0.15, -0.1) is 0 Å². The summed E-state index contributed by atoms with van der Waals surface area (Å²) in [5, 5.41) is 5.13. The van der Waals surface area contributed by atoms with E-state index in [1.54, 1.807) is 30.3 Å². The second-order valence-corrected chi connectivity index (χ2v) is 8.79. The standard InChI is InChI=1S/C20H21F3N4O3S/c21-20(22,23)17-3-1-10-25-19(17)26-12-11-24-18(28)9-6-15-4-7-16(8-5-15)27-13-2-14-31(27,29)30/h1,3-10H,2,11-14H2,(H,24,28)(H,25,26). The van der Waals surface area contributed by atoms with E-state index in [-0.39, 0.29) is 24.7 Å². The van der Waals surface area contributed by atoms with Gasteiger partial charge in [0.05, 0.1) is 17.0 Å². The smallest absolute Gasteiger partial charge is 0.368 e. The average Bonchev–Trinajstić information content (AvgIpc) is 3.08. The number of halogens is 3. The molecule has 2 aromatic rings. The third kappa shape index (κ3) is 5.97. The number of pyridine rings is 1. The minimum atomic E-state index is -4.52. The van der Waals surface area contributed by atoms with E-state index in [9.17, 15) is 26.4 Å². The highest BCUT2D eigenvalue weighted by Gasteiger charge is 2.34. The van der Waals surface area contributed by atoms with E-state index < -0.39 is 27.7 Å². The molecular formula is C20H21F3N4O3S. The minimum Gasteiger partial charge on any atom is -0.368 e. The van der Waals surface area contributed by atoms with Gasteiger partial charge in [0.25, 0.3) is 0 Å². The maximum absolute atomic E-state index is 12.9. The summed E-state index contributed by atoms with van der Waals surface area (Å²) in [7, 11) is -3.24. The van der Waals surface area contributed by atoms with Crippen LogP contribution in [0, 0.1) is 0 Å². The average molecular weight is 454 g/mol. The van der Waals surface area contributed by atoms with Crippen molar-refractivity contribution < 1.29 is 26.4 Å². The molecule has 2 heterocycles. The maximum Gasteiger partial charge on any atom is 0.419 e. The van der Waals surface area contributed by atoms with Gasteiger partial charge in [0, 0.05) is 31.9 Å². The van der Waals surface area contributed by atoms with E-state index >= 15 is 0 Å². The molecule has 1 amide bonds. The molecule has 0 unspecified atom stereocenters. The molecule has 3 rings (SSSR count). The van der Waals surface area contributed by atoms with Crippen LogP contribution in [0.2, 0.25) is 0 Å². The third-order valence-corrected chi connectivity index (χ3v) is 6.41. The molecule has 0 saturated carbocycles. The molecule has 0 radical (unpaired) electrons. The van der Waals surface area contributed by atoms with E-state index in [1.807, 2.05) is 0 Å². The second-order valence-electron chi connectivity index (χ2n) is 6.78. The van der Waals surface area contributed by atoms with Gasteiger partial charge in [-0.25, -0.2) is 13.4 Å². The molecule has 0 bridgehead atoms. The predicted octanol–water partition coefficient (Wildman–Crippen LogP) is 2.88. The van der Waals surface area contributed by atoms with E-state index in [2.05, 4.69) is 15.6 Å². The van der Waals surface area contributed by atoms with Crippen LogP contribution in [0.15, 0.2) is 48.7 Å². The van der Waals surface area contributed by atoms with Crippen LogP contribution in [-0.4, -0.2) is 44.7 Å². The molecular weight excluding hydrogens is 433 g/mol. The van der Waals surface area contributed by atoms with Gasteiger partial charge in [0.1, 0.15) is 5.82 Å². The molecule has 0 spiro atoms. The van der Waals surface area contributed by atoms with Gasteiger partial charge >= 0.3 is 6.18 Å². The largest absolute Gasteiger partial charge is 0.419 e. The fourth-order valence-corrected chi connectivity index (χ4v) is 4.62.